The average Bonchev–Trinajstić information content (AvgIpc) is 3.11. The summed E-state index contributed by atoms with van der Waals surface area (Å²) in [6, 6.07) is 10.1. The number of rotatable bonds is 3. The van der Waals surface area contributed by atoms with Crippen molar-refractivity contribution in [3.8, 4) is 0 Å². The molecule has 29 heavy (non-hydrogen) atoms. The molecule has 1 saturated heterocycles. The molecule has 4 rings (SSSR count). The zero-order chi connectivity index (χ0) is 20.8. The maximum Gasteiger partial charge on any atom is 0.244 e. The highest BCUT2D eigenvalue weighted by Crippen LogP contribution is 2.32. The van der Waals surface area contributed by atoms with Crippen LogP contribution in [0, 0.1) is 12.7 Å². The van der Waals surface area contributed by atoms with Gasteiger partial charge in [-0.1, -0.05) is 30.3 Å². The molecule has 0 radical (unpaired) electrons. The topological polar surface area (TPSA) is 57.7 Å². The largest absolute Gasteiger partial charge is 0.337 e. The maximum atomic E-state index is 14.3. The van der Waals surface area contributed by atoms with E-state index in [0.29, 0.717) is 25.1 Å². The van der Waals surface area contributed by atoms with Crippen LogP contribution < -0.4 is 0 Å². The molecule has 0 bridgehead atoms. The second-order valence-electron chi connectivity index (χ2n) is 7.61. The number of fused-ring (bicyclic) bond motifs is 1. The molecule has 2 atom stereocenters. The molecule has 2 aliphatic heterocycles. The molecule has 5 nitrogen and oxygen atoms in total. The summed E-state index contributed by atoms with van der Waals surface area (Å²) in [6.45, 7) is 1.97. The highest BCUT2D eigenvalue weighted by molar-refractivity contribution is 7.89. The van der Waals surface area contributed by atoms with Crippen LogP contribution in [0.15, 0.2) is 47.4 Å². The Kier molecular flexibility index (Phi) is 5.16. The molecule has 2 heterocycles. The molecule has 0 aliphatic carbocycles. The Hall–Kier alpha value is -2.32. The van der Waals surface area contributed by atoms with Crippen molar-refractivity contribution in [2.75, 3.05) is 13.1 Å². The number of carbonyl (C=O) groups excluding carboxylic acids is 1. The van der Waals surface area contributed by atoms with Crippen LogP contribution in [0.4, 0.5) is 8.78 Å². The molecule has 2 aromatic carbocycles. The third kappa shape index (κ3) is 3.67. The smallest absolute Gasteiger partial charge is 0.244 e. The lowest BCUT2D eigenvalue weighted by atomic mass is 9.99. The number of carbonyl (C=O) groups is 1. The number of benzene rings is 2. The van der Waals surface area contributed by atoms with Crippen molar-refractivity contribution in [3.63, 3.8) is 0 Å². The predicted molar refractivity (Wildman–Crippen MR) is 104 cm³/mol. The lowest BCUT2D eigenvalue weighted by molar-refractivity contribution is -0.135. The van der Waals surface area contributed by atoms with Gasteiger partial charge in [-0.3, -0.25) is 4.79 Å². The molecule has 2 aromatic rings. The van der Waals surface area contributed by atoms with Crippen molar-refractivity contribution in [1.82, 2.24) is 9.21 Å². The van der Waals surface area contributed by atoms with E-state index in [1.54, 1.807) is 11.8 Å². The molecule has 0 N–H and O–H groups in total. The number of alkyl halides is 1. The van der Waals surface area contributed by atoms with E-state index < -0.39 is 40.5 Å². The number of halogens is 2. The maximum absolute atomic E-state index is 14.3. The Bertz CT molecular complexity index is 1060. The lowest BCUT2D eigenvalue weighted by Gasteiger charge is -2.33. The summed E-state index contributed by atoms with van der Waals surface area (Å²) < 4.78 is 55.2. The summed E-state index contributed by atoms with van der Waals surface area (Å²) in [4.78, 5) is 14.5. The fraction of sp³-hybridized carbons (Fsp3) is 0.381. The SMILES string of the molecule is Cc1ccc(F)cc1S(=O)(=O)N1CC(F)CC1C(=O)N1CCc2ccccc2C1. The Morgan fingerprint density at radius 1 is 1.14 bits per heavy atom. The van der Waals surface area contributed by atoms with Gasteiger partial charge in [0, 0.05) is 26.1 Å². The lowest BCUT2D eigenvalue weighted by Crippen LogP contribution is -2.49. The van der Waals surface area contributed by atoms with Gasteiger partial charge in [-0.25, -0.2) is 17.2 Å². The average molecular weight is 420 g/mol. The molecule has 0 aromatic heterocycles. The van der Waals surface area contributed by atoms with Gasteiger partial charge in [0.1, 0.15) is 18.0 Å². The predicted octanol–water partition coefficient (Wildman–Crippen LogP) is 2.82. The first-order chi connectivity index (χ1) is 13.8. The highest BCUT2D eigenvalue weighted by Gasteiger charge is 2.46. The molecule has 0 saturated carbocycles. The third-order valence-corrected chi connectivity index (χ3v) is 7.69. The van der Waals surface area contributed by atoms with Crippen molar-refractivity contribution < 1.29 is 22.0 Å². The van der Waals surface area contributed by atoms with Gasteiger partial charge in [-0.05, 0) is 42.2 Å². The Balaban J connectivity index is 1.63. The van der Waals surface area contributed by atoms with Crippen LogP contribution in [-0.2, 0) is 27.8 Å². The van der Waals surface area contributed by atoms with Gasteiger partial charge in [0.25, 0.3) is 0 Å². The van der Waals surface area contributed by atoms with Gasteiger partial charge in [-0.15, -0.1) is 0 Å². The van der Waals surface area contributed by atoms with Crippen molar-refractivity contribution in [2.45, 2.75) is 43.4 Å². The minimum Gasteiger partial charge on any atom is -0.337 e. The monoisotopic (exact) mass is 420 g/mol. The summed E-state index contributed by atoms with van der Waals surface area (Å²) in [5.74, 6) is -1.10. The van der Waals surface area contributed by atoms with E-state index in [0.717, 1.165) is 21.5 Å². The summed E-state index contributed by atoms with van der Waals surface area (Å²) in [5.41, 5.74) is 2.52. The van der Waals surface area contributed by atoms with Crippen molar-refractivity contribution in [3.05, 3.63) is 65.0 Å². The molecule has 8 heteroatoms. The van der Waals surface area contributed by atoms with Gasteiger partial charge in [0.05, 0.1) is 4.90 Å². The molecule has 1 amide bonds. The van der Waals surface area contributed by atoms with Crippen LogP contribution >= 0.6 is 0 Å². The molecular weight excluding hydrogens is 398 g/mol. The van der Waals surface area contributed by atoms with E-state index in [1.165, 1.54) is 12.1 Å². The van der Waals surface area contributed by atoms with Gasteiger partial charge < -0.3 is 4.90 Å². The van der Waals surface area contributed by atoms with Gasteiger partial charge >= 0.3 is 0 Å². The molecule has 0 spiro atoms. The van der Waals surface area contributed by atoms with Gasteiger partial charge in [0.15, 0.2) is 0 Å². The van der Waals surface area contributed by atoms with Crippen LogP contribution in [0.3, 0.4) is 0 Å². The molecular formula is C21H22F2N2O3S. The van der Waals surface area contributed by atoms with Crippen LogP contribution in [0.1, 0.15) is 23.1 Å². The Morgan fingerprint density at radius 2 is 1.86 bits per heavy atom. The second kappa shape index (κ2) is 7.50. The first kappa shape index (κ1) is 20.0. The highest BCUT2D eigenvalue weighted by atomic mass is 32.2. The standard InChI is InChI=1S/C21H22F2N2O3S/c1-14-6-7-17(22)11-20(14)29(27,28)25-13-18(23)10-19(25)21(26)24-9-8-15-4-2-3-5-16(15)12-24/h2-7,11,18-19H,8-10,12-13H2,1H3. The molecule has 154 valence electrons. The quantitative estimate of drug-likeness (QED) is 0.767. The van der Waals surface area contributed by atoms with Crippen LogP contribution in [0.5, 0.6) is 0 Å². The number of hydrogen-bond donors (Lipinski definition) is 0. The van der Waals surface area contributed by atoms with E-state index in [4.69, 9.17) is 0 Å². The summed E-state index contributed by atoms with van der Waals surface area (Å²) in [7, 11) is -4.21. The van der Waals surface area contributed by atoms with E-state index in [1.807, 2.05) is 24.3 Å². The summed E-state index contributed by atoms with van der Waals surface area (Å²) >= 11 is 0. The minimum absolute atomic E-state index is 0.190. The van der Waals surface area contributed by atoms with Crippen LogP contribution in [0.2, 0.25) is 0 Å². The fourth-order valence-electron chi connectivity index (χ4n) is 4.12. The number of amides is 1. The zero-order valence-corrected chi connectivity index (χ0v) is 16.8. The number of aryl methyl sites for hydroxylation is 1. The van der Waals surface area contributed by atoms with E-state index >= 15 is 0 Å². The Morgan fingerprint density at radius 3 is 2.62 bits per heavy atom. The number of hydrogen-bond acceptors (Lipinski definition) is 3. The van der Waals surface area contributed by atoms with Crippen molar-refractivity contribution >= 4 is 15.9 Å². The number of nitrogens with zero attached hydrogens (tertiary/aromatic N) is 2. The normalized spacial score (nSPS) is 22.5. The minimum atomic E-state index is -4.21. The second-order valence-corrected chi connectivity index (χ2v) is 9.47. The first-order valence-electron chi connectivity index (χ1n) is 9.55. The van der Waals surface area contributed by atoms with Crippen molar-refractivity contribution in [2.24, 2.45) is 0 Å². The van der Waals surface area contributed by atoms with E-state index in [2.05, 4.69) is 0 Å². The summed E-state index contributed by atoms with van der Waals surface area (Å²) in [6.07, 6.45) is -0.960. The van der Waals surface area contributed by atoms with Crippen LogP contribution in [-0.4, -0.2) is 48.8 Å². The van der Waals surface area contributed by atoms with E-state index in [9.17, 15) is 22.0 Å². The molecule has 1 fully saturated rings. The van der Waals surface area contributed by atoms with Crippen LogP contribution in [0.25, 0.3) is 0 Å². The van der Waals surface area contributed by atoms with Gasteiger partial charge in [-0.2, -0.15) is 4.31 Å². The van der Waals surface area contributed by atoms with Gasteiger partial charge in [0.2, 0.25) is 15.9 Å². The summed E-state index contributed by atoms with van der Waals surface area (Å²) in [5, 5.41) is 0. The van der Waals surface area contributed by atoms with Crippen molar-refractivity contribution in [1.29, 1.82) is 0 Å². The van der Waals surface area contributed by atoms with E-state index in [-0.39, 0.29) is 11.3 Å². The molecule has 2 aliphatic rings. The first-order valence-corrected chi connectivity index (χ1v) is 11.0. The zero-order valence-electron chi connectivity index (χ0n) is 16.0. The fourth-order valence-corrected chi connectivity index (χ4v) is 5.98. The third-order valence-electron chi connectivity index (χ3n) is 5.67. The molecule has 2 unspecified atom stereocenters. The Labute approximate surface area is 169 Å². The number of sulfonamides is 1.